The molecule has 4 nitrogen and oxygen atoms in total. The molecule has 0 aromatic heterocycles. The van der Waals surface area contributed by atoms with Crippen molar-refractivity contribution in [3.8, 4) is 0 Å². The van der Waals surface area contributed by atoms with Gasteiger partial charge in [-0.1, -0.05) is 48.1 Å². The molecule has 0 radical (unpaired) electrons. The molecule has 1 aliphatic rings. The van der Waals surface area contributed by atoms with Gasteiger partial charge in [-0.15, -0.1) is 11.6 Å². The van der Waals surface area contributed by atoms with Crippen LogP contribution in [0.5, 0.6) is 0 Å². The van der Waals surface area contributed by atoms with E-state index in [4.69, 9.17) is 21.1 Å². The van der Waals surface area contributed by atoms with Gasteiger partial charge in [-0.2, -0.15) is 0 Å². The minimum atomic E-state index is -3.50. The van der Waals surface area contributed by atoms with E-state index >= 15 is 0 Å². The Balaban J connectivity index is 2.29. The van der Waals surface area contributed by atoms with Gasteiger partial charge in [0.25, 0.3) is 0 Å². The van der Waals surface area contributed by atoms with Crippen molar-refractivity contribution in [1.82, 2.24) is 0 Å². The van der Waals surface area contributed by atoms with Gasteiger partial charge in [0, 0.05) is 11.8 Å². The zero-order valence-corrected chi connectivity index (χ0v) is 19.9. The molecule has 0 aliphatic carbocycles. The molecule has 0 saturated carbocycles. The number of ether oxygens (including phenoxy) is 2. The molecule has 1 aromatic rings. The monoisotopic (exact) mass is 452 g/mol. The fourth-order valence-corrected chi connectivity index (χ4v) is 5.11. The van der Waals surface area contributed by atoms with Crippen molar-refractivity contribution >= 4 is 21.4 Å². The number of hydrogen-bond acceptors (Lipinski definition) is 4. The summed E-state index contributed by atoms with van der Waals surface area (Å²) in [5, 5.41) is 0. The molecule has 0 N–H and O–H groups in total. The maximum Gasteiger partial charge on any atom is 0.179 e. The highest BCUT2D eigenvalue weighted by Gasteiger charge is 2.37. The first-order valence-electron chi connectivity index (χ1n) is 10.2. The van der Waals surface area contributed by atoms with E-state index in [1.54, 1.807) is 30.3 Å². The van der Waals surface area contributed by atoms with E-state index < -0.39 is 27.6 Å². The first-order valence-corrected chi connectivity index (χ1v) is 12.4. The number of sulfone groups is 1. The van der Waals surface area contributed by atoms with Crippen molar-refractivity contribution in [2.75, 3.05) is 18.2 Å². The molecule has 30 heavy (non-hydrogen) atoms. The quantitative estimate of drug-likeness (QED) is 0.375. The summed E-state index contributed by atoms with van der Waals surface area (Å²) in [5.41, 5.74) is 3.00. The third-order valence-corrected chi connectivity index (χ3v) is 7.35. The van der Waals surface area contributed by atoms with Crippen molar-refractivity contribution in [3.63, 3.8) is 0 Å². The third-order valence-electron chi connectivity index (χ3n) is 5.14. The lowest BCUT2D eigenvalue weighted by Gasteiger charge is -2.29. The number of hydrogen-bond donors (Lipinski definition) is 0. The van der Waals surface area contributed by atoms with Crippen LogP contribution < -0.4 is 0 Å². The lowest BCUT2D eigenvalue weighted by atomic mass is 9.94. The second-order valence-electron chi connectivity index (χ2n) is 8.37. The predicted octanol–water partition coefficient (Wildman–Crippen LogP) is 5.70. The van der Waals surface area contributed by atoms with Gasteiger partial charge in [0.2, 0.25) is 0 Å². The van der Waals surface area contributed by atoms with E-state index in [2.05, 4.69) is 12.7 Å². The largest absolute Gasteiger partial charge is 0.346 e. The van der Waals surface area contributed by atoms with Gasteiger partial charge in [0.05, 0.1) is 23.4 Å². The summed E-state index contributed by atoms with van der Waals surface area (Å²) in [7, 11) is -3.50. The molecule has 2 rings (SSSR count). The molecule has 1 aliphatic heterocycles. The first-order chi connectivity index (χ1) is 14.0. The Morgan fingerprint density at radius 3 is 2.53 bits per heavy atom. The Hall–Kier alpha value is -1.40. The third kappa shape index (κ3) is 7.38. The maximum atomic E-state index is 13.1. The molecule has 0 unspecified atom stereocenters. The number of benzene rings is 1. The number of rotatable bonds is 8. The van der Waals surface area contributed by atoms with Crippen LogP contribution in [-0.2, 0) is 19.3 Å². The van der Waals surface area contributed by atoms with Crippen LogP contribution in [0.25, 0.3) is 0 Å². The van der Waals surface area contributed by atoms with Gasteiger partial charge in [0.15, 0.2) is 15.6 Å². The highest BCUT2D eigenvalue weighted by Crippen LogP contribution is 2.32. The van der Waals surface area contributed by atoms with Crippen LogP contribution in [0.3, 0.4) is 0 Å². The number of alkyl halides is 1. The van der Waals surface area contributed by atoms with Gasteiger partial charge < -0.3 is 9.47 Å². The van der Waals surface area contributed by atoms with Crippen LogP contribution in [-0.4, -0.2) is 38.5 Å². The summed E-state index contributed by atoms with van der Waals surface area (Å²) >= 11 is 5.84. The van der Waals surface area contributed by atoms with Gasteiger partial charge in [-0.05, 0) is 58.2 Å². The fraction of sp³-hybridized carbons (Fsp3) is 0.500. The molecule has 2 atom stereocenters. The fourth-order valence-electron chi connectivity index (χ4n) is 3.34. The highest BCUT2D eigenvalue weighted by atomic mass is 35.5. The normalized spacial score (nSPS) is 23.3. The summed E-state index contributed by atoms with van der Waals surface area (Å²) < 4.78 is 38.1. The van der Waals surface area contributed by atoms with Gasteiger partial charge in [0.1, 0.15) is 0 Å². The molecule has 6 heteroatoms. The number of halogens is 1. The lowest BCUT2D eigenvalue weighted by molar-refractivity contribution is -0.216. The molecule has 0 bridgehead atoms. The van der Waals surface area contributed by atoms with Crippen LogP contribution in [0.4, 0.5) is 0 Å². The van der Waals surface area contributed by atoms with E-state index in [1.165, 1.54) is 0 Å². The van der Waals surface area contributed by atoms with Gasteiger partial charge in [-0.3, -0.25) is 0 Å². The van der Waals surface area contributed by atoms with Crippen molar-refractivity contribution in [1.29, 1.82) is 0 Å². The van der Waals surface area contributed by atoms with E-state index in [0.717, 1.165) is 29.6 Å². The molecular weight excluding hydrogens is 420 g/mol. The zero-order chi connectivity index (χ0) is 22.4. The average Bonchev–Trinajstić information content (AvgIpc) is 2.79. The van der Waals surface area contributed by atoms with Gasteiger partial charge >= 0.3 is 0 Å². The smallest absolute Gasteiger partial charge is 0.179 e. The van der Waals surface area contributed by atoms with Crippen LogP contribution in [0.2, 0.25) is 0 Å². The Morgan fingerprint density at radius 1 is 1.23 bits per heavy atom. The van der Waals surface area contributed by atoms with Crippen molar-refractivity contribution < 1.29 is 17.9 Å². The van der Waals surface area contributed by atoms with Crippen LogP contribution in [0, 0.1) is 5.92 Å². The minimum absolute atomic E-state index is 0.0744. The Morgan fingerprint density at radius 2 is 1.90 bits per heavy atom. The second kappa shape index (κ2) is 10.8. The van der Waals surface area contributed by atoms with Crippen molar-refractivity contribution in [2.24, 2.45) is 5.92 Å². The molecule has 166 valence electrons. The van der Waals surface area contributed by atoms with Gasteiger partial charge in [-0.25, -0.2) is 8.42 Å². The molecule has 1 fully saturated rings. The van der Waals surface area contributed by atoms with E-state index in [-0.39, 0.29) is 12.4 Å². The first kappa shape index (κ1) is 24.9. The van der Waals surface area contributed by atoms with Crippen LogP contribution >= 0.6 is 11.6 Å². The molecule has 1 heterocycles. The average molecular weight is 453 g/mol. The predicted molar refractivity (Wildman–Crippen MR) is 123 cm³/mol. The molecular formula is C24H33ClO4S. The Labute approximate surface area is 186 Å². The van der Waals surface area contributed by atoms with E-state index in [1.807, 2.05) is 33.8 Å². The molecule has 0 amide bonds. The van der Waals surface area contributed by atoms with Crippen molar-refractivity contribution in [2.45, 2.75) is 57.3 Å². The second-order valence-corrected chi connectivity index (χ2v) is 10.7. The summed E-state index contributed by atoms with van der Waals surface area (Å²) in [4.78, 5) is 0.309. The Kier molecular flexibility index (Phi) is 8.92. The topological polar surface area (TPSA) is 52.6 Å². The Bertz CT molecular complexity index is 885. The highest BCUT2D eigenvalue weighted by molar-refractivity contribution is 7.91. The summed E-state index contributed by atoms with van der Waals surface area (Å²) in [5.74, 6) is -0.772. The molecule has 0 spiro atoms. The summed E-state index contributed by atoms with van der Waals surface area (Å²) in [6, 6.07) is 8.51. The minimum Gasteiger partial charge on any atom is -0.346 e. The number of allylic oxidation sites excluding steroid dienone is 3. The van der Waals surface area contributed by atoms with E-state index in [0.29, 0.717) is 10.8 Å². The van der Waals surface area contributed by atoms with Crippen molar-refractivity contribution in [3.05, 3.63) is 65.8 Å². The summed E-state index contributed by atoms with van der Waals surface area (Å²) in [6.07, 6.45) is 5.44. The molecule has 1 saturated heterocycles. The SMILES string of the molecule is C=C1COC(C)(C)O[C@H](/C=C(\C)CC/C=C(\C)CCl)[C@H]1CS(=O)(=O)c1ccccc1. The van der Waals surface area contributed by atoms with E-state index in [9.17, 15) is 8.42 Å². The zero-order valence-electron chi connectivity index (χ0n) is 18.4. The van der Waals surface area contributed by atoms with Crippen LogP contribution in [0.1, 0.15) is 40.5 Å². The summed E-state index contributed by atoms with van der Waals surface area (Å²) in [6.45, 7) is 12.1. The lowest BCUT2D eigenvalue weighted by Crippen LogP contribution is -2.35. The molecule has 1 aromatic carbocycles. The maximum absolute atomic E-state index is 13.1. The van der Waals surface area contributed by atoms with Crippen LogP contribution in [0.15, 0.2) is 70.7 Å². The standard InChI is InChI=1S/C24H33ClO4S/c1-18(10-9-11-19(2)15-25)14-23-22(20(3)16-28-24(4,5)29-23)17-30(26,27)21-12-7-6-8-13-21/h6-8,11-14,22-23H,3,9-10,15-17H2,1-2,4-5H3/b18-14+,19-11+/t22-,23+/m0/s1.